The van der Waals surface area contributed by atoms with Crippen LogP contribution in [0.3, 0.4) is 0 Å². The normalized spacial score (nSPS) is 22.0. The second-order valence-electron chi connectivity index (χ2n) is 4.28. The zero-order chi connectivity index (χ0) is 8.54. The van der Waals surface area contributed by atoms with Crippen molar-refractivity contribution in [2.45, 2.75) is 46.5 Å². The average Bonchev–Trinajstić information content (AvgIpc) is 1.86. The number of hydrogen-bond acceptors (Lipinski definition) is 1. The van der Waals surface area contributed by atoms with Crippen LogP contribution in [-0.2, 0) is 0 Å². The van der Waals surface area contributed by atoms with Gasteiger partial charge in [-0.25, -0.2) is 0 Å². The van der Waals surface area contributed by atoms with Crippen LogP contribution < -0.4 is 0 Å². The van der Waals surface area contributed by atoms with Crippen molar-refractivity contribution in [1.29, 1.82) is 5.26 Å². The van der Waals surface area contributed by atoms with E-state index in [9.17, 15) is 0 Å². The van der Waals surface area contributed by atoms with Gasteiger partial charge in [-0.3, -0.25) is 0 Å². The Hall–Kier alpha value is -0.510. The molecule has 0 aromatic carbocycles. The molecule has 0 N–H and O–H groups in total. The lowest BCUT2D eigenvalue weighted by atomic mass is 9.54. The standard InChI is InChI=1S/C10H17N/c1-4-9(2,3)10(8-11)6-5-7-10/h4-7H2,1-3H3. The van der Waals surface area contributed by atoms with Crippen LogP contribution in [0.1, 0.15) is 46.5 Å². The number of hydrogen-bond donors (Lipinski definition) is 0. The predicted octanol–water partition coefficient (Wildman–Crippen LogP) is 3.12. The highest BCUT2D eigenvalue weighted by Gasteiger charge is 2.48. The molecular weight excluding hydrogens is 134 g/mol. The third-order valence-electron chi connectivity index (χ3n) is 3.60. The Balaban J connectivity index is 2.78. The zero-order valence-corrected chi connectivity index (χ0v) is 7.78. The fourth-order valence-electron chi connectivity index (χ4n) is 1.81. The average molecular weight is 151 g/mol. The van der Waals surface area contributed by atoms with Crippen molar-refractivity contribution < 1.29 is 0 Å². The minimum atomic E-state index is 0.0156. The van der Waals surface area contributed by atoms with Gasteiger partial charge in [-0.05, 0) is 24.7 Å². The summed E-state index contributed by atoms with van der Waals surface area (Å²) in [6.07, 6.45) is 4.59. The first-order valence-electron chi connectivity index (χ1n) is 4.49. The molecule has 1 fully saturated rings. The first-order valence-corrected chi connectivity index (χ1v) is 4.49. The molecule has 0 spiro atoms. The largest absolute Gasteiger partial charge is 0.198 e. The highest BCUT2D eigenvalue weighted by atomic mass is 14.5. The van der Waals surface area contributed by atoms with E-state index in [2.05, 4.69) is 26.8 Å². The Kier molecular flexibility index (Phi) is 1.96. The van der Waals surface area contributed by atoms with Gasteiger partial charge in [0.15, 0.2) is 0 Å². The SMILES string of the molecule is CCC(C)(C)C1(C#N)CCC1. The van der Waals surface area contributed by atoms with Crippen molar-refractivity contribution in [2.75, 3.05) is 0 Å². The van der Waals surface area contributed by atoms with Gasteiger partial charge in [0.2, 0.25) is 0 Å². The van der Waals surface area contributed by atoms with Crippen LogP contribution in [0.5, 0.6) is 0 Å². The Morgan fingerprint density at radius 3 is 2.09 bits per heavy atom. The molecule has 1 saturated carbocycles. The molecule has 0 heterocycles. The van der Waals surface area contributed by atoms with Crippen LogP contribution in [0.4, 0.5) is 0 Å². The van der Waals surface area contributed by atoms with Gasteiger partial charge in [0.1, 0.15) is 0 Å². The number of nitrogens with zero attached hydrogens (tertiary/aromatic N) is 1. The minimum absolute atomic E-state index is 0.0156. The van der Waals surface area contributed by atoms with Crippen molar-refractivity contribution in [2.24, 2.45) is 10.8 Å². The molecule has 0 amide bonds. The summed E-state index contributed by atoms with van der Waals surface area (Å²) in [4.78, 5) is 0. The first-order chi connectivity index (χ1) is 5.08. The molecule has 11 heavy (non-hydrogen) atoms. The summed E-state index contributed by atoms with van der Waals surface area (Å²) in [5.74, 6) is 0. The van der Waals surface area contributed by atoms with Crippen molar-refractivity contribution in [3.05, 3.63) is 0 Å². The van der Waals surface area contributed by atoms with Crippen LogP contribution in [0.25, 0.3) is 0 Å². The maximum absolute atomic E-state index is 9.05. The minimum Gasteiger partial charge on any atom is -0.198 e. The summed E-state index contributed by atoms with van der Waals surface area (Å²) in [6.45, 7) is 6.61. The van der Waals surface area contributed by atoms with Gasteiger partial charge in [0, 0.05) is 0 Å². The molecule has 0 atom stereocenters. The highest BCUT2D eigenvalue weighted by molar-refractivity contribution is 5.11. The fourth-order valence-corrected chi connectivity index (χ4v) is 1.81. The van der Waals surface area contributed by atoms with E-state index >= 15 is 0 Å². The van der Waals surface area contributed by atoms with Gasteiger partial charge < -0.3 is 0 Å². The predicted molar refractivity (Wildman–Crippen MR) is 46.0 cm³/mol. The van der Waals surface area contributed by atoms with E-state index in [1.807, 2.05) is 0 Å². The molecular formula is C10H17N. The van der Waals surface area contributed by atoms with E-state index in [4.69, 9.17) is 5.26 Å². The van der Waals surface area contributed by atoms with Gasteiger partial charge in [-0.15, -0.1) is 0 Å². The monoisotopic (exact) mass is 151 g/mol. The lowest BCUT2D eigenvalue weighted by Gasteiger charge is -2.47. The lowest BCUT2D eigenvalue weighted by Crippen LogP contribution is -2.41. The Labute approximate surface area is 69.4 Å². The van der Waals surface area contributed by atoms with Crippen LogP contribution in [-0.4, -0.2) is 0 Å². The molecule has 62 valence electrons. The number of nitriles is 1. The summed E-state index contributed by atoms with van der Waals surface area (Å²) >= 11 is 0. The van der Waals surface area contributed by atoms with Gasteiger partial charge in [-0.1, -0.05) is 27.2 Å². The third kappa shape index (κ3) is 1.05. The van der Waals surface area contributed by atoms with E-state index in [1.54, 1.807) is 0 Å². The second kappa shape index (κ2) is 2.52. The van der Waals surface area contributed by atoms with Gasteiger partial charge in [0.25, 0.3) is 0 Å². The first kappa shape index (κ1) is 8.59. The summed E-state index contributed by atoms with van der Waals surface area (Å²) < 4.78 is 0. The quantitative estimate of drug-likeness (QED) is 0.595. The van der Waals surface area contributed by atoms with E-state index in [1.165, 1.54) is 6.42 Å². The van der Waals surface area contributed by atoms with Crippen LogP contribution >= 0.6 is 0 Å². The van der Waals surface area contributed by atoms with E-state index in [0.29, 0.717) is 0 Å². The maximum atomic E-state index is 9.05. The van der Waals surface area contributed by atoms with Crippen molar-refractivity contribution in [3.8, 4) is 6.07 Å². The summed E-state index contributed by atoms with van der Waals surface area (Å²) in [5, 5.41) is 9.05. The molecule has 0 aromatic rings. The molecule has 0 bridgehead atoms. The van der Waals surface area contributed by atoms with E-state index < -0.39 is 0 Å². The van der Waals surface area contributed by atoms with Crippen molar-refractivity contribution >= 4 is 0 Å². The molecule has 0 unspecified atom stereocenters. The van der Waals surface area contributed by atoms with Crippen molar-refractivity contribution in [3.63, 3.8) is 0 Å². The molecule has 1 rings (SSSR count). The van der Waals surface area contributed by atoms with Gasteiger partial charge >= 0.3 is 0 Å². The van der Waals surface area contributed by atoms with Crippen molar-refractivity contribution in [1.82, 2.24) is 0 Å². The zero-order valence-electron chi connectivity index (χ0n) is 7.78. The summed E-state index contributed by atoms with van der Waals surface area (Å²) in [6, 6.07) is 2.51. The Bertz CT molecular complexity index is 182. The second-order valence-corrected chi connectivity index (χ2v) is 4.28. The smallest absolute Gasteiger partial charge is 0.0695 e. The number of rotatable bonds is 2. The third-order valence-corrected chi connectivity index (χ3v) is 3.60. The topological polar surface area (TPSA) is 23.8 Å². The highest BCUT2D eigenvalue weighted by Crippen LogP contribution is 2.54. The van der Waals surface area contributed by atoms with Crippen LogP contribution in [0.2, 0.25) is 0 Å². The summed E-state index contributed by atoms with van der Waals surface area (Å²) in [7, 11) is 0. The molecule has 0 aliphatic heterocycles. The molecule has 1 nitrogen and oxygen atoms in total. The molecule has 0 aromatic heterocycles. The van der Waals surface area contributed by atoms with Crippen LogP contribution in [0.15, 0.2) is 0 Å². The fraction of sp³-hybridized carbons (Fsp3) is 0.900. The molecule has 1 heteroatoms. The summed E-state index contributed by atoms with van der Waals surface area (Å²) in [5.41, 5.74) is 0.238. The molecule has 0 saturated heterocycles. The Morgan fingerprint density at radius 1 is 1.45 bits per heavy atom. The molecule has 1 aliphatic rings. The van der Waals surface area contributed by atoms with Gasteiger partial charge in [-0.2, -0.15) is 5.26 Å². The van der Waals surface area contributed by atoms with Crippen LogP contribution in [0, 0.1) is 22.2 Å². The molecule has 1 aliphatic carbocycles. The maximum Gasteiger partial charge on any atom is 0.0695 e. The van der Waals surface area contributed by atoms with E-state index in [0.717, 1.165) is 19.3 Å². The van der Waals surface area contributed by atoms with Gasteiger partial charge in [0.05, 0.1) is 11.5 Å². The lowest BCUT2D eigenvalue weighted by molar-refractivity contribution is 0.0398. The van der Waals surface area contributed by atoms with E-state index in [-0.39, 0.29) is 10.8 Å². The Morgan fingerprint density at radius 2 is 2.00 bits per heavy atom. The molecule has 0 radical (unpaired) electrons.